The number of ketones is 1. The van der Waals surface area contributed by atoms with Gasteiger partial charge in [-0.15, -0.1) is 0 Å². The number of hydrogen-bond donors (Lipinski definition) is 1. The first-order valence-electron chi connectivity index (χ1n) is 15.9. The highest BCUT2D eigenvalue weighted by molar-refractivity contribution is 6.28. The molecule has 0 spiro atoms. The number of aldehydes is 1. The van der Waals surface area contributed by atoms with Gasteiger partial charge in [0.15, 0.2) is 6.29 Å². The summed E-state index contributed by atoms with van der Waals surface area (Å²) < 4.78 is 0. The Hall–Kier alpha value is -5.07. The van der Waals surface area contributed by atoms with E-state index in [1.807, 2.05) is 44.3 Å². The molecule has 0 saturated carbocycles. The lowest BCUT2D eigenvalue weighted by Gasteiger charge is -2.37. The number of anilines is 2. The van der Waals surface area contributed by atoms with Crippen molar-refractivity contribution in [1.82, 2.24) is 9.88 Å². The van der Waals surface area contributed by atoms with Crippen LogP contribution in [0.4, 0.5) is 11.4 Å². The Morgan fingerprint density at radius 2 is 1.35 bits per heavy atom. The molecule has 4 aromatic carbocycles. The Labute approximate surface area is 271 Å². The molecule has 1 unspecified atom stereocenters. The Kier molecular flexibility index (Phi) is 8.82. The number of aromatic nitrogens is 1. The topological polar surface area (TPSA) is 65.5 Å². The number of nitrogens with one attached hydrogen (secondary N) is 1. The number of hydrogen-bond acceptors (Lipinski definition) is 6. The van der Waals surface area contributed by atoms with Crippen molar-refractivity contribution in [2.45, 2.75) is 44.3 Å². The van der Waals surface area contributed by atoms with Crippen LogP contribution in [-0.2, 0) is 21.5 Å². The Bertz CT molecular complexity index is 1680. The second-order valence-corrected chi connectivity index (χ2v) is 12.3. The van der Waals surface area contributed by atoms with Crippen LogP contribution in [0.3, 0.4) is 0 Å². The van der Waals surface area contributed by atoms with Gasteiger partial charge >= 0.3 is 0 Å². The molecule has 1 N–H and O–H groups in total. The van der Waals surface area contributed by atoms with E-state index in [2.05, 4.69) is 124 Å². The van der Waals surface area contributed by atoms with Gasteiger partial charge in [0, 0.05) is 30.5 Å². The van der Waals surface area contributed by atoms with E-state index in [1.165, 1.54) is 0 Å². The highest BCUT2D eigenvalue weighted by atomic mass is 16.2. The van der Waals surface area contributed by atoms with E-state index in [0.717, 1.165) is 45.7 Å². The molecule has 0 aliphatic carbocycles. The summed E-state index contributed by atoms with van der Waals surface area (Å²) in [6, 6.07) is 41.7. The summed E-state index contributed by atoms with van der Waals surface area (Å²) in [7, 11) is 0. The van der Waals surface area contributed by atoms with Crippen LogP contribution >= 0.6 is 0 Å². The second kappa shape index (κ2) is 13.1. The molecule has 1 fully saturated rings. The van der Waals surface area contributed by atoms with Gasteiger partial charge < -0.3 is 10.2 Å². The fourth-order valence-corrected chi connectivity index (χ4v) is 7.14. The Morgan fingerprint density at radius 1 is 0.826 bits per heavy atom. The third-order valence-electron chi connectivity index (χ3n) is 9.40. The largest absolute Gasteiger partial charge is 0.384 e. The van der Waals surface area contributed by atoms with Crippen molar-refractivity contribution >= 4 is 23.4 Å². The number of carbonyl (C=O) groups is 2. The molecule has 46 heavy (non-hydrogen) atoms. The summed E-state index contributed by atoms with van der Waals surface area (Å²) in [5, 5.41) is 3.40. The van der Waals surface area contributed by atoms with E-state index < -0.39 is 22.8 Å². The monoisotopic (exact) mass is 608 g/mol. The highest BCUT2D eigenvalue weighted by Crippen LogP contribution is 2.46. The van der Waals surface area contributed by atoms with Crippen LogP contribution < -0.4 is 10.2 Å². The Morgan fingerprint density at radius 3 is 1.85 bits per heavy atom. The molecule has 2 heterocycles. The average molecular weight is 609 g/mol. The van der Waals surface area contributed by atoms with Crippen LogP contribution in [0.25, 0.3) is 0 Å². The lowest BCUT2D eigenvalue weighted by atomic mass is 9.65. The van der Waals surface area contributed by atoms with Gasteiger partial charge in [-0.1, -0.05) is 103 Å². The van der Waals surface area contributed by atoms with Crippen LogP contribution in [-0.4, -0.2) is 46.7 Å². The van der Waals surface area contributed by atoms with Gasteiger partial charge in [0.25, 0.3) is 0 Å². The summed E-state index contributed by atoms with van der Waals surface area (Å²) in [4.78, 5) is 33.9. The zero-order valence-corrected chi connectivity index (χ0v) is 26.6. The fraction of sp³-hybridized carbons (Fsp3) is 0.225. The fourth-order valence-electron chi connectivity index (χ4n) is 7.14. The van der Waals surface area contributed by atoms with E-state index in [1.54, 1.807) is 6.20 Å². The van der Waals surface area contributed by atoms with E-state index in [4.69, 9.17) is 0 Å². The predicted octanol–water partition coefficient (Wildman–Crippen LogP) is 7.09. The normalized spacial score (nSPS) is 16.2. The number of benzene rings is 4. The standard InChI is InChI=1S/C40H40N4O2/c1-4-42-36-26-41-25-24-30(36)27-43-29-44(38(37(46)28-45)39(43,2)3)35-22-20-34(21-23-35)40(31-14-8-5-9-15-31,32-16-10-6-11-17-32)33-18-12-7-13-19-33/h5-26,28,38,42H,4,27,29H2,1-3H3. The van der Waals surface area contributed by atoms with Crippen LogP contribution in [0.2, 0.25) is 0 Å². The number of carbonyl (C=O) groups excluding carboxylic acids is 2. The molecule has 1 atom stereocenters. The van der Waals surface area contributed by atoms with Gasteiger partial charge in [-0.3, -0.25) is 19.5 Å². The highest BCUT2D eigenvalue weighted by Gasteiger charge is 2.50. The second-order valence-electron chi connectivity index (χ2n) is 12.3. The van der Waals surface area contributed by atoms with E-state index >= 15 is 0 Å². The van der Waals surface area contributed by atoms with Crippen LogP contribution in [0.15, 0.2) is 134 Å². The SMILES string of the molecule is CCNc1cnccc1CN1CN(c2ccc(C(c3ccccc3)(c3ccccc3)c3ccccc3)cc2)C(C(=O)C=O)C1(C)C. The van der Waals surface area contributed by atoms with Gasteiger partial charge in [0.05, 0.1) is 24.0 Å². The molecule has 1 aliphatic heterocycles. The van der Waals surface area contributed by atoms with E-state index in [-0.39, 0.29) is 0 Å². The molecule has 6 nitrogen and oxygen atoms in total. The molecule has 6 heteroatoms. The summed E-state index contributed by atoms with van der Waals surface area (Å²) in [6.45, 7) is 8.03. The number of Topliss-reactive ketones (excluding diaryl/α,β-unsaturated/α-hetero) is 1. The van der Waals surface area contributed by atoms with E-state index in [9.17, 15) is 9.59 Å². The molecular formula is C40H40N4O2. The number of nitrogens with zero attached hydrogens (tertiary/aromatic N) is 3. The van der Waals surface area contributed by atoms with Crippen molar-refractivity contribution in [3.63, 3.8) is 0 Å². The van der Waals surface area contributed by atoms with Crippen molar-refractivity contribution in [1.29, 1.82) is 0 Å². The minimum atomic E-state index is -0.637. The van der Waals surface area contributed by atoms with E-state index in [0.29, 0.717) is 19.5 Å². The van der Waals surface area contributed by atoms with Gasteiger partial charge in [0.1, 0.15) is 6.04 Å². The van der Waals surface area contributed by atoms with Gasteiger partial charge in [-0.2, -0.15) is 0 Å². The van der Waals surface area contributed by atoms with Crippen molar-refractivity contribution in [2.75, 3.05) is 23.4 Å². The van der Waals surface area contributed by atoms with Crippen molar-refractivity contribution in [2.24, 2.45) is 0 Å². The molecule has 232 valence electrons. The van der Waals surface area contributed by atoms with Crippen LogP contribution in [0.5, 0.6) is 0 Å². The Balaban J connectivity index is 1.44. The molecule has 1 saturated heterocycles. The lowest BCUT2D eigenvalue weighted by molar-refractivity contribution is -0.131. The van der Waals surface area contributed by atoms with Crippen molar-refractivity contribution in [3.8, 4) is 0 Å². The minimum absolute atomic E-state index is 0.426. The zero-order chi connectivity index (χ0) is 32.1. The third-order valence-corrected chi connectivity index (χ3v) is 9.40. The molecule has 5 aromatic rings. The summed E-state index contributed by atoms with van der Waals surface area (Å²) in [6.07, 6.45) is 4.10. The molecule has 0 radical (unpaired) electrons. The lowest BCUT2D eigenvalue weighted by Crippen LogP contribution is -2.51. The first-order valence-corrected chi connectivity index (χ1v) is 15.9. The third kappa shape index (κ3) is 5.50. The molecule has 6 rings (SSSR count). The summed E-state index contributed by atoms with van der Waals surface area (Å²) in [5.41, 5.74) is 6.39. The van der Waals surface area contributed by atoms with Crippen LogP contribution in [0.1, 0.15) is 48.6 Å². The van der Waals surface area contributed by atoms with Crippen molar-refractivity contribution < 1.29 is 9.59 Å². The molecular weight excluding hydrogens is 568 g/mol. The quantitative estimate of drug-likeness (QED) is 0.0981. The molecule has 1 aliphatic rings. The summed E-state index contributed by atoms with van der Waals surface area (Å²) in [5.74, 6) is -0.426. The number of pyridine rings is 1. The summed E-state index contributed by atoms with van der Waals surface area (Å²) >= 11 is 0. The van der Waals surface area contributed by atoms with Gasteiger partial charge in [-0.25, -0.2) is 0 Å². The predicted molar refractivity (Wildman–Crippen MR) is 185 cm³/mol. The van der Waals surface area contributed by atoms with Crippen LogP contribution in [0, 0.1) is 0 Å². The number of rotatable bonds is 11. The average Bonchev–Trinajstić information content (AvgIpc) is 3.36. The zero-order valence-electron chi connectivity index (χ0n) is 26.6. The maximum atomic E-state index is 13.3. The maximum absolute atomic E-state index is 13.3. The smallest absolute Gasteiger partial charge is 0.219 e. The minimum Gasteiger partial charge on any atom is -0.384 e. The van der Waals surface area contributed by atoms with Gasteiger partial charge in [-0.05, 0) is 66.8 Å². The molecule has 0 bridgehead atoms. The molecule has 0 amide bonds. The first kappa shape index (κ1) is 30.9. The van der Waals surface area contributed by atoms with Gasteiger partial charge in [0.2, 0.25) is 5.78 Å². The molecule has 1 aromatic heterocycles. The first-order chi connectivity index (χ1) is 22.4. The maximum Gasteiger partial charge on any atom is 0.219 e. The van der Waals surface area contributed by atoms with Crippen molar-refractivity contribution in [3.05, 3.63) is 162 Å².